The Morgan fingerprint density at radius 2 is 1.35 bits per heavy atom. The van der Waals surface area contributed by atoms with Crippen molar-refractivity contribution in [2.45, 2.75) is 30.6 Å². The van der Waals surface area contributed by atoms with Crippen molar-refractivity contribution >= 4 is 10.1 Å². The molecule has 170 valence electrons. The van der Waals surface area contributed by atoms with Crippen LogP contribution >= 0.6 is 0 Å². The van der Waals surface area contributed by atoms with E-state index in [0.717, 1.165) is 70.6 Å². The van der Waals surface area contributed by atoms with Crippen molar-refractivity contribution in [1.29, 1.82) is 0 Å². The van der Waals surface area contributed by atoms with Gasteiger partial charge in [-0.1, -0.05) is 42.5 Å². The van der Waals surface area contributed by atoms with Crippen molar-refractivity contribution in [3.05, 3.63) is 89.0 Å². The highest BCUT2D eigenvalue weighted by atomic mass is 32.2. The van der Waals surface area contributed by atoms with Crippen molar-refractivity contribution < 1.29 is 22.1 Å². The number of rotatable bonds is 3. The van der Waals surface area contributed by atoms with Crippen LogP contribution in [0.1, 0.15) is 22.3 Å². The highest BCUT2D eigenvalue weighted by Crippen LogP contribution is 2.48. The minimum atomic E-state index is -4.46. The summed E-state index contributed by atoms with van der Waals surface area (Å²) in [5.74, 6) is 1.78. The van der Waals surface area contributed by atoms with E-state index in [1.807, 2.05) is 30.3 Å². The van der Waals surface area contributed by atoms with E-state index < -0.39 is 10.1 Å². The van der Waals surface area contributed by atoms with Crippen LogP contribution in [0.15, 0.2) is 76.0 Å². The van der Waals surface area contributed by atoms with Gasteiger partial charge >= 0.3 is 11.5 Å². The molecule has 1 N–H and O–H groups in total. The molecule has 0 radical (unpaired) electrons. The largest absolute Gasteiger partial charge is 0.495 e. The second-order valence-corrected chi connectivity index (χ2v) is 10.1. The summed E-state index contributed by atoms with van der Waals surface area (Å²) in [5, 5.41) is 0. The zero-order valence-corrected chi connectivity index (χ0v) is 19.5. The first kappa shape index (κ1) is 21.1. The predicted octanol–water partition coefficient (Wildman–Crippen LogP) is 6.01. The van der Waals surface area contributed by atoms with Crippen LogP contribution < -0.4 is 4.74 Å². The van der Waals surface area contributed by atoms with Gasteiger partial charge in [-0.25, -0.2) is 4.42 Å². The maximum Gasteiger partial charge on any atom is 0.364 e. The zero-order chi connectivity index (χ0) is 23.4. The van der Waals surface area contributed by atoms with Gasteiger partial charge < -0.3 is 4.74 Å². The highest BCUT2D eigenvalue weighted by Gasteiger charge is 2.38. The normalized spacial score (nSPS) is 13.9. The summed E-state index contributed by atoms with van der Waals surface area (Å²) in [6, 6.07) is 21.5. The molecule has 0 bridgehead atoms. The first-order valence-corrected chi connectivity index (χ1v) is 12.7. The summed E-state index contributed by atoms with van der Waals surface area (Å²) in [6.07, 6.45) is 3.32. The molecule has 1 aromatic heterocycles. The summed E-state index contributed by atoms with van der Waals surface area (Å²) in [5.41, 5.74) is 8.48. The molecule has 0 atom stereocenters. The average molecular weight is 472 g/mol. The van der Waals surface area contributed by atoms with Gasteiger partial charge in [-0.15, -0.1) is 0 Å². The van der Waals surface area contributed by atoms with Crippen molar-refractivity contribution in [3.63, 3.8) is 0 Å². The van der Waals surface area contributed by atoms with E-state index in [1.54, 1.807) is 6.07 Å². The molecule has 6 rings (SSSR count). The van der Waals surface area contributed by atoms with Crippen LogP contribution in [0.4, 0.5) is 0 Å². The topological polar surface area (TPSA) is 74.9 Å². The van der Waals surface area contributed by atoms with Crippen molar-refractivity contribution in [2.75, 3.05) is 7.11 Å². The van der Waals surface area contributed by atoms with Gasteiger partial charge in [-0.3, -0.25) is 4.55 Å². The smallest absolute Gasteiger partial charge is 0.364 e. The first-order chi connectivity index (χ1) is 16.5. The fraction of sp³-hybridized carbons (Fsp3) is 0.179. The van der Waals surface area contributed by atoms with E-state index in [-0.39, 0.29) is 10.6 Å². The Kier molecular flexibility index (Phi) is 4.83. The number of methoxy groups -OCH3 is 1. The molecule has 0 aliphatic heterocycles. The van der Waals surface area contributed by atoms with Gasteiger partial charge in [-0.2, -0.15) is 8.42 Å². The third-order valence-corrected chi connectivity index (χ3v) is 7.77. The number of benzene rings is 3. The van der Waals surface area contributed by atoms with E-state index in [1.165, 1.54) is 24.3 Å². The summed E-state index contributed by atoms with van der Waals surface area (Å²) in [4.78, 5) is -0.233. The molecule has 1 heterocycles. The minimum absolute atomic E-state index is 0.116. The predicted molar refractivity (Wildman–Crippen MR) is 131 cm³/mol. The third-order valence-electron chi connectivity index (χ3n) is 6.90. The molecule has 0 fully saturated rings. The highest BCUT2D eigenvalue weighted by molar-refractivity contribution is 7.86. The number of ether oxygens (including phenoxy) is 1. The van der Waals surface area contributed by atoms with Crippen LogP contribution in [-0.4, -0.2) is 20.1 Å². The van der Waals surface area contributed by atoms with Gasteiger partial charge in [0.05, 0.1) is 29.4 Å². The molecular weight excluding hydrogens is 448 g/mol. The Labute approximate surface area is 198 Å². The van der Waals surface area contributed by atoms with Crippen LogP contribution in [-0.2, 0) is 35.8 Å². The van der Waals surface area contributed by atoms with Gasteiger partial charge in [0, 0.05) is 5.56 Å². The van der Waals surface area contributed by atoms with Crippen molar-refractivity contribution in [3.8, 4) is 39.5 Å². The lowest BCUT2D eigenvalue weighted by Gasteiger charge is -2.22. The van der Waals surface area contributed by atoms with Gasteiger partial charge in [0.2, 0.25) is 0 Å². The monoisotopic (exact) mass is 471 g/mol. The minimum Gasteiger partial charge on any atom is -0.495 e. The van der Waals surface area contributed by atoms with Gasteiger partial charge in [-0.05, 0) is 66.6 Å². The van der Waals surface area contributed by atoms with Crippen LogP contribution in [0.3, 0.4) is 0 Å². The molecule has 2 aliphatic rings. The van der Waals surface area contributed by atoms with E-state index in [4.69, 9.17) is 9.15 Å². The molecule has 34 heavy (non-hydrogen) atoms. The Bertz CT molecular complexity index is 1500. The summed E-state index contributed by atoms with van der Waals surface area (Å²) < 4.78 is 46.1. The fourth-order valence-corrected chi connectivity index (χ4v) is 6.05. The van der Waals surface area contributed by atoms with Gasteiger partial charge in [0.25, 0.3) is 10.1 Å². The average Bonchev–Trinajstić information content (AvgIpc) is 2.86. The summed E-state index contributed by atoms with van der Waals surface area (Å²) >= 11 is 0. The molecule has 5 nitrogen and oxygen atoms in total. The first-order valence-electron chi connectivity index (χ1n) is 11.3. The van der Waals surface area contributed by atoms with Crippen molar-refractivity contribution in [2.24, 2.45) is 0 Å². The SMILES string of the molecule is COc1ccc(-c2c3c([o+]c4c2CCc2ccccc2-4)-c2ccccc2CC3)cc1S(=O)(=O)O. The Balaban J connectivity index is 1.71. The lowest BCUT2D eigenvalue weighted by atomic mass is 9.79. The molecule has 0 saturated carbocycles. The third kappa shape index (κ3) is 3.25. The number of hydrogen-bond acceptors (Lipinski definition) is 3. The lowest BCUT2D eigenvalue weighted by molar-refractivity contribution is 0.397. The molecule has 0 spiro atoms. The number of aryl methyl sites for hydroxylation is 2. The summed E-state index contributed by atoms with van der Waals surface area (Å²) in [6.45, 7) is 0. The fourth-order valence-electron chi connectivity index (χ4n) is 5.37. The Hall–Kier alpha value is -3.48. The molecule has 3 aromatic carbocycles. The molecule has 2 aliphatic carbocycles. The number of fused-ring (bicyclic) bond motifs is 6. The van der Waals surface area contributed by atoms with Gasteiger partial charge in [0.1, 0.15) is 10.6 Å². The molecule has 0 unspecified atom stereocenters. The molecular formula is C28H23O5S+. The van der Waals surface area contributed by atoms with Crippen LogP contribution in [0.2, 0.25) is 0 Å². The standard InChI is InChI=1S/C28H22O5S/c1-32-24-15-12-19(16-25(24)34(29,30)31)26-22-13-10-17-6-2-4-8-20(17)27(22)33-28-21-9-5-3-7-18(21)11-14-23(26)28/h2-9,12,15-16H,10-11,13-14H2,1H3/p+1. The van der Waals surface area contributed by atoms with E-state index in [2.05, 4.69) is 24.3 Å². The van der Waals surface area contributed by atoms with E-state index in [9.17, 15) is 13.0 Å². The van der Waals surface area contributed by atoms with Gasteiger partial charge in [0.15, 0.2) is 0 Å². The summed E-state index contributed by atoms with van der Waals surface area (Å²) in [7, 11) is -3.07. The van der Waals surface area contributed by atoms with E-state index >= 15 is 0 Å². The number of hydrogen-bond donors (Lipinski definition) is 1. The Morgan fingerprint density at radius 3 is 1.88 bits per heavy atom. The maximum atomic E-state index is 12.2. The van der Waals surface area contributed by atoms with Crippen molar-refractivity contribution in [1.82, 2.24) is 0 Å². The quantitative estimate of drug-likeness (QED) is 0.292. The Morgan fingerprint density at radius 1 is 0.794 bits per heavy atom. The van der Waals surface area contributed by atoms with Crippen LogP contribution in [0.25, 0.3) is 33.8 Å². The van der Waals surface area contributed by atoms with E-state index in [0.29, 0.717) is 0 Å². The maximum absolute atomic E-state index is 12.2. The second kappa shape index (κ2) is 7.79. The molecule has 0 saturated heterocycles. The second-order valence-electron chi connectivity index (χ2n) is 8.75. The molecule has 6 heteroatoms. The zero-order valence-electron chi connectivity index (χ0n) is 18.7. The van der Waals surface area contributed by atoms with Crippen LogP contribution in [0.5, 0.6) is 5.75 Å². The molecule has 4 aromatic rings. The van der Waals surface area contributed by atoms with Crippen LogP contribution in [0, 0.1) is 0 Å². The lowest BCUT2D eigenvalue weighted by Crippen LogP contribution is -2.12. The molecule has 0 amide bonds.